The molecule has 0 fully saturated rings. The second-order valence-electron chi connectivity index (χ2n) is 5.38. The molecule has 0 radical (unpaired) electrons. The lowest BCUT2D eigenvalue weighted by Crippen LogP contribution is -2.25. The molecular weight excluding hydrogens is 279 g/mol. The molecule has 3 rings (SSSR count). The fourth-order valence-corrected chi connectivity index (χ4v) is 2.82. The number of amides is 1. The number of fused-ring (bicyclic) bond motifs is 1. The van der Waals surface area contributed by atoms with Gasteiger partial charge in [-0.15, -0.1) is 0 Å². The van der Waals surface area contributed by atoms with Crippen LogP contribution in [0.2, 0.25) is 0 Å². The number of halogens is 1. The number of carbonyl (C=O) groups is 1. The molecule has 0 aliphatic carbocycles. The summed E-state index contributed by atoms with van der Waals surface area (Å²) in [5.41, 5.74) is 3.43. The fourth-order valence-electron chi connectivity index (χ4n) is 2.82. The van der Waals surface area contributed by atoms with E-state index in [1.807, 2.05) is 19.1 Å². The van der Waals surface area contributed by atoms with Crippen LogP contribution < -0.4 is 0 Å². The highest BCUT2D eigenvalue weighted by atomic mass is 19.1. The van der Waals surface area contributed by atoms with Crippen molar-refractivity contribution in [3.63, 3.8) is 0 Å². The standard InChI is InChI=1S/C18H15FN2O/c1-2-12-6-7-13(8-17(12)19)18(22)21-10-15-5-3-4-14(9-20)16(15)11-21/h3-8H,2,10-11H2,1H3. The molecule has 4 heteroatoms. The highest BCUT2D eigenvalue weighted by molar-refractivity contribution is 5.94. The molecule has 0 bridgehead atoms. The van der Waals surface area contributed by atoms with Crippen molar-refractivity contribution in [1.82, 2.24) is 4.90 Å². The number of nitrogens with zero attached hydrogens (tertiary/aromatic N) is 2. The van der Waals surface area contributed by atoms with Gasteiger partial charge in [-0.2, -0.15) is 5.26 Å². The van der Waals surface area contributed by atoms with Crippen LogP contribution in [0.15, 0.2) is 36.4 Å². The van der Waals surface area contributed by atoms with Crippen LogP contribution in [-0.2, 0) is 19.5 Å². The van der Waals surface area contributed by atoms with E-state index in [0.29, 0.717) is 36.2 Å². The van der Waals surface area contributed by atoms with Crippen LogP contribution in [0.1, 0.15) is 39.5 Å². The maximum atomic E-state index is 13.9. The van der Waals surface area contributed by atoms with Gasteiger partial charge in [0, 0.05) is 18.7 Å². The molecule has 0 spiro atoms. The van der Waals surface area contributed by atoms with Crippen molar-refractivity contribution in [3.8, 4) is 6.07 Å². The predicted octanol–water partition coefficient (Wildman–Crippen LogP) is 3.42. The normalized spacial score (nSPS) is 12.9. The monoisotopic (exact) mass is 294 g/mol. The zero-order valence-electron chi connectivity index (χ0n) is 12.3. The van der Waals surface area contributed by atoms with Gasteiger partial charge in [-0.05, 0) is 41.3 Å². The molecule has 1 aliphatic rings. The van der Waals surface area contributed by atoms with Crippen molar-refractivity contribution in [3.05, 3.63) is 70.0 Å². The van der Waals surface area contributed by atoms with Crippen molar-refractivity contribution < 1.29 is 9.18 Å². The lowest BCUT2D eigenvalue weighted by molar-refractivity contribution is 0.0751. The first-order valence-corrected chi connectivity index (χ1v) is 7.22. The van der Waals surface area contributed by atoms with Gasteiger partial charge in [-0.25, -0.2) is 4.39 Å². The average Bonchev–Trinajstić information content (AvgIpc) is 2.98. The van der Waals surface area contributed by atoms with E-state index in [1.165, 1.54) is 6.07 Å². The smallest absolute Gasteiger partial charge is 0.254 e. The Kier molecular flexibility index (Phi) is 3.64. The molecule has 2 aromatic rings. The third-order valence-corrected chi connectivity index (χ3v) is 4.07. The minimum Gasteiger partial charge on any atom is -0.330 e. The van der Waals surface area contributed by atoms with Crippen LogP contribution in [-0.4, -0.2) is 10.8 Å². The van der Waals surface area contributed by atoms with E-state index in [0.717, 1.165) is 11.1 Å². The van der Waals surface area contributed by atoms with Gasteiger partial charge in [0.2, 0.25) is 0 Å². The summed E-state index contributed by atoms with van der Waals surface area (Å²) >= 11 is 0. The minimum absolute atomic E-state index is 0.207. The number of carbonyl (C=O) groups excluding carboxylic acids is 1. The van der Waals surface area contributed by atoms with Crippen molar-refractivity contribution in [1.29, 1.82) is 5.26 Å². The summed E-state index contributed by atoms with van der Waals surface area (Å²) < 4.78 is 13.9. The number of aryl methyl sites for hydroxylation is 1. The van der Waals surface area contributed by atoms with Gasteiger partial charge in [-0.1, -0.05) is 25.1 Å². The Hall–Kier alpha value is -2.67. The summed E-state index contributed by atoms with van der Waals surface area (Å²) in [6, 6.07) is 12.3. The molecule has 0 saturated carbocycles. The summed E-state index contributed by atoms with van der Waals surface area (Å²) in [4.78, 5) is 14.2. The SMILES string of the molecule is CCc1ccc(C(=O)N2Cc3cccc(C#N)c3C2)cc1F. The van der Waals surface area contributed by atoms with Gasteiger partial charge in [0.25, 0.3) is 5.91 Å². The minimum atomic E-state index is -0.345. The third kappa shape index (κ3) is 2.35. The Labute approximate surface area is 128 Å². The van der Waals surface area contributed by atoms with E-state index >= 15 is 0 Å². The van der Waals surface area contributed by atoms with Crippen LogP contribution in [0.3, 0.4) is 0 Å². The molecule has 110 valence electrons. The van der Waals surface area contributed by atoms with E-state index in [9.17, 15) is 9.18 Å². The maximum Gasteiger partial charge on any atom is 0.254 e. The zero-order chi connectivity index (χ0) is 15.7. The van der Waals surface area contributed by atoms with Gasteiger partial charge in [0.15, 0.2) is 0 Å². The first-order valence-electron chi connectivity index (χ1n) is 7.22. The molecular formula is C18H15FN2O. The van der Waals surface area contributed by atoms with Gasteiger partial charge in [0.05, 0.1) is 11.6 Å². The van der Waals surface area contributed by atoms with Gasteiger partial charge >= 0.3 is 0 Å². The van der Waals surface area contributed by atoms with Crippen molar-refractivity contribution in [2.24, 2.45) is 0 Å². The number of rotatable bonds is 2. The molecule has 22 heavy (non-hydrogen) atoms. The molecule has 1 heterocycles. The molecule has 0 aromatic heterocycles. The Morgan fingerprint density at radius 3 is 2.82 bits per heavy atom. The van der Waals surface area contributed by atoms with Crippen LogP contribution in [0.5, 0.6) is 0 Å². The van der Waals surface area contributed by atoms with E-state index < -0.39 is 0 Å². The zero-order valence-corrected chi connectivity index (χ0v) is 12.3. The fraction of sp³-hybridized carbons (Fsp3) is 0.222. The van der Waals surface area contributed by atoms with Gasteiger partial charge in [0.1, 0.15) is 5.82 Å². The van der Waals surface area contributed by atoms with Gasteiger partial charge in [-0.3, -0.25) is 4.79 Å². The van der Waals surface area contributed by atoms with E-state index in [2.05, 4.69) is 6.07 Å². The molecule has 3 nitrogen and oxygen atoms in total. The highest BCUT2D eigenvalue weighted by Crippen LogP contribution is 2.27. The lowest BCUT2D eigenvalue weighted by Gasteiger charge is -2.16. The summed E-state index contributed by atoms with van der Waals surface area (Å²) in [6.45, 7) is 2.73. The molecule has 1 amide bonds. The summed E-state index contributed by atoms with van der Waals surface area (Å²) in [7, 11) is 0. The van der Waals surface area contributed by atoms with E-state index in [4.69, 9.17) is 5.26 Å². The Bertz CT molecular complexity index is 792. The second kappa shape index (κ2) is 5.61. The third-order valence-electron chi connectivity index (χ3n) is 4.07. The molecule has 0 unspecified atom stereocenters. The topological polar surface area (TPSA) is 44.1 Å². The highest BCUT2D eigenvalue weighted by Gasteiger charge is 2.26. The molecule has 0 atom stereocenters. The van der Waals surface area contributed by atoms with Crippen LogP contribution in [0, 0.1) is 17.1 Å². The first-order chi connectivity index (χ1) is 10.6. The Morgan fingerprint density at radius 1 is 1.32 bits per heavy atom. The van der Waals surface area contributed by atoms with Crippen LogP contribution >= 0.6 is 0 Å². The van der Waals surface area contributed by atoms with Crippen molar-refractivity contribution in [2.45, 2.75) is 26.4 Å². The predicted molar refractivity (Wildman–Crippen MR) is 80.5 cm³/mol. The number of hydrogen-bond acceptors (Lipinski definition) is 2. The Balaban J connectivity index is 1.87. The number of hydrogen-bond donors (Lipinski definition) is 0. The molecule has 0 saturated heterocycles. The number of nitriles is 1. The van der Waals surface area contributed by atoms with Crippen molar-refractivity contribution in [2.75, 3.05) is 0 Å². The largest absolute Gasteiger partial charge is 0.330 e. The average molecular weight is 294 g/mol. The second-order valence-corrected chi connectivity index (χ2v) is 5.38. The van der Waals surface area contributed by atoms with Crippen LogP contribution in [0.25, 0.3) is 0 Å². The lowest BCUT2D eigenvalue weighted by atomic mass is 10.1. The summed E-state index contributed by atoms with van der Waals surface area (Å²) in [6.07, 6.45) is 0.598. The molecule has 2 aromatic carbocycles. The van der Waals surface area contributed by atoms with Crippen LogP contribution in [0.4, 0.5) is 4.39 Å². The van der Waals surface area contributed by atoms with E-state index in [1.54, 1.807) is 23.1 Å². The first kappa shape index (κ1) is 14.3. The van der Waals surface area contributed by atoms with Gasteiger partial charge < -0.3 is 4.90 Å². The Morgan fingerprint density at radius 2 is 2.14 bits per heavy atom. The maximum absolute atomic E-state index is 13.9. The quantitative estimate of drug-likeness (QED) is 0.852. The van der Waals surface area contributed by atoms with Crippen molar-refractivity contribution >= 4 is 5.91 Å². The molecule has 1 aliphatic heterocycles. The summed E-state index contributed by atoms with van der Waals surface area (Å²) in [5.74, 6) is -0.551. The van der Waals surface area contributed by atoms with E-state index in [-0.39, 0.29) is 11.7 Å². The summed E-state index contributed by atoms with van der Waals surface area (Å²) in [5, 5.41) is 9.13. The number of benzene rings is 2. The molecule has 0 N–H and O–H groups in total.